The number of rotatable bonds is 5. The van der Waals surface area contributed by atoms with Crippen molar-refractivity contribution in [3.8, 4) is 0 Å². The maximum atomic E-state index is 12.7. The Kier molecular flexibility index (Phi) is 8.48. The molecule has 3 N–H and O–H groups in total. The quantitative estimate of drug-likeness (QED) is 0.774. The minimum absolute atomic E-state index is 0. The van der Waals surface area contributed by atoms with Gasteiger partial charge in [-0.3, -0.25) is 4.79 Å². The van der Waals surface area contributed by atoms with Gasteiger partial charge in [-0.05, 0) is 44.9 Å². The molecule has 0 aromatic carbocycles. The van der Waals surface area contributed by atoms with Crippen LogP contribution in [0.15, 0.2) is 0 Å². The Morgan fingerprint density at radius 3 is 2.32 bits per heavy atom. The van der Waals surface area contributed by atoms with Crippen LogP contribution in [0.5, 0.6) is 0 Å². The zero-order valence-corrected chi connectivity index (χ0v) is 16.7. The summed E-state index contributed by atoms with van der Waals surface area (Å²) < 4.78 is 0. The Labute approximate surface area is 158 Å². The van der Waals surface area contributed by atoms with E-state index in [9.17, 15) is 9.59 Å². The Morgan fingerprint density at radius 2 is 1.76 bits per heavy atom. The van der Waals surface area contributed by atoms with E-state index in [0.717, 1.165) is 51.7 Å². The summed E-state index contributed by atoms with van der Waals surface area (Å²) in [6, 6.07) is 0.105. The van der Waals surface area contributed by atoms with Crippen molar-refractivity contribution in [3.05, 3.63) is 0 Å². The fourth-order valence-electron chi connectivity index (χ4n) is 3.96. The molecule has 2 aliphatic heterocycles. The van der Waals surface area contributed by atoms with Crippen LogP contribution in [0.1, 0.15) is 52.9 Å². The number of nitrogens with one attached hydrogen (secondary N) is 1. The molecular weight excluding hydrogens is 340 g/mol. The highest BCUT2D eigenvalue weighted by Gasteiger charge is 2.34. The lowest BCUT2D eigenvalue weighted by molar-refractivity contribution is -0.128. The van der Waals surface area contributed by atoms with Gasteiger partial charge in [0, 0.05) is 38.3 Å². The van der Waals surface area contributed by atoms with E-state index in [2.05, 4.69) is 19.2 Å². The summed E-state index contributed by atoms with van der Waals surface area (Å²) in [7, 11) is 0. The number of carbonyl (C=O) groups is 2. The van der Waals surface area contributed by atoms with E-state index >= 15 is 0 Å². The van der Waals surface area contributed by atoms with Crippen molar-refractivity contribution < 1.29 is 9.59 Å². The van der Waals surface area contributed by atoms with Crippen molar-refractivity contribution in [2.24, 2.45) is 17.6 Å². The van der Waals surface area contributed by atoms with Crippen molar-refractivity contribution in [1.29, 1.82) is 0 Å². The van der Waals surface area contributed by atoms with E-state index in [1.807, 2.05) is 16.7 Å². The molecule has 2 heterocycles. The van der Waals surface area contributed by atoms with Crippen molar-refractivity contribution in [2.45, 2.75) is 58.4 Å². The van der Waals surface area contributed by atoms with Crippen molar-refractivity contribution in [3.63, 3.8) is 0 Å². The number of carbonyl (C=O) groups excluding carboxylic acids is 2. The van der Waals surface area contributed by atoms with Gasteiger partial charge in [-0.15, -0.1) is 12.4 Å². The molecule has 0 bridgehead atoms. The molecule has 6 nitrogen and oxygen atoms in total. The van der Waals surface area contributed by atoms with E-state index in [-0.39, 0.29) is 35.8 Å². The number of hydrogen-bond donors (Lipinski definition) is 2. The fraction of sp³-hybridized carbons (Fsp3) is 0.889. The average molecular weight is 375 g/mol. The van der Waals surface area contributed by atoms with Crippen LogP contribution < -0.4 is 11.1 Å². The molecule has 2 unspecified atom stereocenters. The first-order valence-corrected chi connectivity index (χ1v) is 9.40. The topological polar surface area (TPSA) is 78.7 Å². The summed E-state index contributed by atoms with van der Waals surface area (Å²) in [6.07, 6.45) is 4.78. The van der Waals surface area contributed by atoms with E-state index in [1.54, 1.807) is 0 Å². The first-order valence-electron chi connectivity index (χ1n) is 9.40. The fourth-order valence-corrected chi connectivity index (χ4v) is 3.96. The summed E-state index contributed by atoms with van der Waals surface area (Å²) in [4.78, 5) is 29.1. The van der Waals surface area contributed by atoms with Gasteiger partial charge in [0.05, 0.1) is 5.92 Å². The number of nitrogens with two attached hydrogens (primary N) is 1. The summed E-state index contributed by atoms with van der Waals surface area (Å²) in [5, 5.41) is 3.16. The molecule has 2 atom stereocenters. The maximum Gasteiger partial charge on any atom is 0.320 e. The predicted molar refractivity (Wildman–Crippen MR) is 103 cm³/mol. The van der Waals surface area contributed by atoms with Gasteiger partial charge >= 0.3 is 6.03 Å². The van der Waals surface area contributed by atoms with Crippen molar-refractivity contribution in [2.75, 3.05) is 32.7 Å². The molecule has 0 spiro atoms. The lowest BCUT2D eigenvalue weighted by Gasteiger charge is -2.37. The lowest BCUT2D eigenvalue weighted by Crippen LogP contribution is -2.56. The van der Waals surface area contributed by atoms with Gasteiger partial charge in [0.1, 0.15) is 0 Å². The number of halogens is 1. The van der Waals surface area contributed by atoms with Crippen LogP contribution in [0.3, 0.4) is 0 Å². The minimum atomic E-state index is -0.369. The average Bonchev–Trinajstić information content (AvgIpc) is 3.08. The van der Waals surface area contributed by atoms with Gasteiger partial charge in [0.15, 0.2) is 0 Å². The highest BCUT2D eigenvalue weighted by atomic mass is 35.5. The van der Waals surface area contributed by atoms with Gasteiger partial charge in [0.2, 0.25) is 5.91 Å². The standard InChI is InChI=1S/C18H34N4O2.ClH/c1-14(2)11-18(3,13-19)20-16(23)15-7-6-10-22(12-15)17(24)21-8-4-5-9-21;/h14-15H,4-13,19H2,1-3H3,(H,20,23);1H. The Bertz CT molecular complexity index is 454. The Balaban J connectivity index is 0.00000312. The minimum Gasteiger partial charge on any atom is -0.349 e. The van der Waals surface area contributed by atoms with Crippen molar-refractivity contribution >= 4 is 24.3 Å². The summed E-state index contributed by atoms with van der Waals surface area (Å²) >= 11 is 0. The third-order valence-corrected chi connectivity index (χ3v) is 5.17. The number of nitrogens with zero attached hydrogens (tertiary/aromatic N) is 2. The predicted octanol–water partition coefficient (Wildman–Crippen LogP) is 2.22. The monoisotopic (exact) mass is 374 g/mol. The molecule has 7 heteroatoms. The second-order valence-electron chi connectivity index (χ2n) is 8.11. The molecule has 2 saturated heterocycles. The largest absolute Gasteiger partial charge is 0.349 e. The van der Waals surface area contributed by atoms with Crippen LogP contribution in [0.2, 0.25) is 0 Å². The first-order chi connectivity index (χ1) is 11.3. The molecule has 2 rings (SSSR count). The Hall–Kier alpha value is -1.01. The zero-order valence-electron chi connectivity index (χ0n) is 15.9. The molecule has 25 heavy (non-hydrogen) atoms. The highest BCUT2D eigenvalue weighted by Crippen LogP contribution is 2.22. The van der Waals surface area contributed by atoms with E-state index in [1.165, 1.54) is 0 Å². The number of amides is 3. The van der Waals surface area contributed by atoms with Crippen LogP contribution in [-0.2, 0) is 4.79 Å². The smallest absolute Gasteiger partial charge is 0.320 e. The first kappa shape index (κ1) is 22.0. The van der Waals surface area contributed by atoms with Crippen molar-refractivity contribution in [1.82, 2.24) is 15.1 Å². The van der Waals surface area contributed by atoms with Crippen LogP contribution in [0.25, 0.3) is 0 Å². The highest BCUT2D eigenvalue weighted by molar-refractivity contribution is 5.85. The van der Waals surface area contributed by atoms with Crippen LogP contribution in [0.4, 0.5) is 4.79 Å². The molecule has 0 aliphatic carbocycles. The summed E-state index contributed by atoms with van der Waals surface area (Å²) in [5.74, 6) is 0.393. The van der Waals surface area contributed by atoms with Crippen LogP contribution in [-0.4, -0.2) is 60.0 Å². The molecule has 0 aromatic rings. The number of hydrogen-bond acceptors (Lipinski definition) is 3. The van der Waals surface area contributed by atoms with Crippen LogP contribution in [0, 0.1) is 11.8 Å². The normalized spacial score (nSPS) is 23.2. The molecular formula is C18H35ClN4O2. The van der Waals surface area contributed by atoms with E-state index < -0.39 is 0 Å². The Morgan fingerprint density at radius 1 is 1.16 bits per heavy atom. The van der Waals surface area contributed by atoms with Gasteiger partial charge in [-0.1, -0.05) is 13.8 Å². The SMILES string of the molecule is CC(C)CC(C)(CN)NC(=O)C1CCCN(C(=O)N2CCCC2)C1.Cl. The van der Waals surface area contributed by atoms with Gasteiger partial charge < -0.3 is 20.9 Å². The lowest BCUT2D eigenvalue weighted by atomic mass is 9.89. The van der Waals surface area contributed by atoms with Gasteiger partial charge in [0.25, 0.3) is 0 Å². The third-order valence-electron chi connectivity index (χ3n) is 5.17. The molecule has 0 saturated carbocycles. The van der Waals surface area contributed by atoms with E-state index in [0.29, 0.717) is 19.0 Å². The maximum absolute atomic E-state index is 12.7. The molecule has 146 valence electrons. The summed E-state index contributed by atoms with van der Waals surface area (Å²) in [6.45, 7) is 9.72. The number of piperidine rings is 1. The van der Waals surface area contributed by atoms with Gasteiger partial charge in [-0.25, -0.2) is 4.79 Å². The van der Waals surface area contributed by atoms with Gasteiger partial charge in [-0.2, -0.15) is 0 Å². The second kappa shape index (κ2) is 9.62. The molecule has 2 fully saturated rings. The third kappa shape index (κ3) is 6.03. The molecule has 0 radical (unpaired) electrons. The molecule has 2 aliphatic rings. The molecule has 3 amide bonds. The van der Waals surface area contributed by atoms with E-state index in [4.69, 9.17) is 5.73 Å². The summed E-state index contributed by atoms with van der Waals surface area (Å²) in [5.41, 5.74) is 5.54. The molecule has 0 aromatic heterocycles. The second-order valence-corrected chi connectivity index (χ2v) is 8.11. The zero-order chi connectivity index (χ0) is 17.7. The number of likely N-dealkylation sites (tertiary alicyclic amines) is 2. The van der Waals surface area contributed by atoms with Crippen LogP contribution >= 0.6 is 12.4 Å². The number of urea groups is 1.